The average molecular weight is 199 g/mol. The Bertz CT molecular complexity index is 312. The Balaban J connectivity index is 2.07. The first-order chi connectivity index (χ1) is 6.25. The van der Waals surface area contributed by atoms with Gasteiger partial charge in [0.15, 0.2) is 0 Å². The fourth-order valence-corrected chi connectivity index (χ4v) is 1.30. The van der Waals surface area contributed by atoms with Crippen molar-refractivity contribution in [3.63, 3.8) is 0 Å². The Kier molecular flexibility index (Phi) is 2.38. The summed E-state index contributed by atoms with van der Waals surface area (Å²) in [7, 11) is 0. The van der Waals surface area contributed by atoms with E-state index in [1.54, 1.807) is 6.20 Å². The van der Waals surface area contributed by atoms with Gasteiger partial charge in [0.25, 0.3) is 0 Å². The number of nitrogens with one attached hydrogen (secondary N) is 1. The molecule has 0 atom stereocenters. The van der Waals surface area contributed by atoms with Crippen LogP contribution < -0.4 is 5.32 Å². The Morgan fingerprint density at radius 2 is 2.38 bits per heavy atom. The molecule has 2 heterocycles. The number of ether oxygens (including phenoxy) is 1. The van der Waals surface area contributed by atoms with Gasteiger partial charge in [-0.25, -0.2) is 4.98 Å². The van der Waals surface area contributed by atoms with Crippen LogP contribution in [0.3, 0.4) is 0 Å². The Morgan fingerprint density at radius 3 is 2.92 bits per heavy atom. The molecule has 13 heavy (non-hydrogen) atoms. The normalized spacial score (nSPS) is 16.8. The topological polar surface area (TPSA) is 34.1 Å². The highest BCUT2D eigenvalue weighted by Crippen LogP contribution is 2.18. The molecule has 1 aromatic rings. The van der Waals surface area contributed by atoms with Crippen LogP contribution in [-0.4, -0.2) is 24.2 Å². The maximum atomic E-state index is 5.80. The maximum absolute atomic E-state index is 5.80. The predicted molar refractivity (Wildman–Crippen MR) is 52.2 cm³/mol. The lowest BCUT2D eigenvalue weighted by Crippen LogP contribution is -2.40. The summed E-state index contributed by atoms with van der Waals surface area (Å²) < 4.78 is 5.05. The second kappa shape index (κ2) is 3.52. The molecule has 4 heteroatoms. The molecular weight excluding hydrogens is 188 g/mol. The lowest BCUT2D eigenvalue weighted by atomic mass is 10.2. The van der Waals surface area contributed by atoms with E-state index in [1.165, 1.54) is 0 Å². The zero-order valence-corrected chi connectivity index (χ0v) is 8.14. The van der Waals surface area contributed by atoms with Gasteiger partial charge in [0.1, 0.15) is 5.15 Å². The summed E-state index contributed by atoms with van der Waals surface area (Å²) in [6.45, 7) is 3.50. The first-order valence-electron chi connectivity index (χ1n) is 4.22. The molecule has 1 aliphatic heterocycles. The summed E-state index contributed by atoms with van der Waals surface area (Å²) >= 11 is 5.80. The zero-order valence-electron chi connectivity index (χ0n) is 7.38. The minimum atomic E-state index is 0.433. The minimum absolute atomic E-state index is 0.433. The quantitative estimate of drug-likeness (QED) is 0.737. The van der Waals surface area contributed by atoms with Crippen LogP contribution in [0.4, 0.5) is 5.69 Å². The van der Waals surface area contributed by atoms with Gasteiger partial charge >= 0.3 is 0 Å². The first-order valence-corrected chi connectivity index (χ1v) is 4.60. The average Bonchev–Trinajstić information content (AvgIpc) is 2.04. The molecule has 70 valence electrons. The maximum Gasteiger partial charge on any atom is 0.132 e. The molecule has 2 rings (SSSR count). The van der Waals surface area contributed by atoms with Crippen LogP contribution in [0, 0.1) is 6.92 Å². The second-order valence-electron chi connectivity index (χ2n) is 3.21. The standard InChI is InChI=1S/C9H11ClN2O/c1-6-2-7(3-11-9(6)10)12-8-4-13-5-8/h2-3,8,12H,4-5H2,1H3. The molecule has 0 bridgehead atoms. The lowest BCUT2D eigenvalue weighted by molar-refractivity contribution is 0.0211. The van der Waals surface area contributed by atoms with Crippen molar-refractivity contribution in [1.29, 1.82) is 0 Å². The molecular formula is C9H11ClN2O. The smallest absolute Gasteiger partial charge is 0.132 e. The number of aromatic nitrogens is 1. The second-order valence-corrected chi connectivity index (χ2v) is 3.57. The number of pyridine rings is 1. The van der Waals surface area contributed by atoms with Crippen LogP contribution in [0.2, 0.25) is 5.15 Å². The summed E-state index contributed by atoms with van der Waals surface area (Å²) in [6.07, 6.45) is 1.74. The minimum Gasteiger partial charge on any atom is -0.377 e. The fourth-order valence-electron chi connectivity index (χ4n) is 1.19. The third-order valence-corrected chi connectivity index (χ3v) is 2.42. The number of aryl methyl sites for hydroxylation is 1. The van der Waals surface area contributed by atoms with Gasteiger partial charge < -0.3 is 10.1 Å². The SMILES string of the molecule is Cc1cc(NC2COC2)cnc1Cl. The Hall–Kier alpha value is -0.800. The summed E-state index contributed by atoms with van der Waals surface area (Å²) in [5.74, 6) is 0. The van der Waals surface area contributed by atoms with Crippen LogP contribution in [0.25, 0.3) is 0 Å². The zero-order chi connectivity index (χ0) is 9.26. The van der Waals surface area contributed by atoms with E-state index in [1.807, 2.05) is 13.0 Å². The fraction of sp³-hybridized carbons (Fsp3) is 0.444. The molecule has 1 aliphatic rings. The molecule has 1 fully saturated rings. The molecule has 0 amide bonds. The highest BCUT2D eigenvalue weighted by Gasteiger charge is 2.17. The molecule has 0 unspecified atom stereocenters. The van der Waals surface area contributed by atoms with Gasteiger partial charge in [-0.1, -0.05) is 11.6 Å². The monoisotopic (exact) mass is 198 g/mol. The van der Waals surface area contributed by atoms with Crippen molar-refractivity contribution in [1.82, 2.24) is 4.98 Å². The molecule has 1 aromatic heterocycles. The third kappa shape index (κ3) is 1.92. The van der Waals surface area contributed by atoms with E-state index in [0.29, 0.717) is 11.2 Å². The van der Waals surface area contributed by atoms with Crippen LogP contribution in [0.15, 0.2) is 12.3 Å². The predicted octanol–water partition coefficient (Wildman–Crippen LogP) is 1.85. The largest absolute Gasteiger partial charge is 0.377 e. The van der Waals surface area contributed by atoms with Gasteiger partial charge in [0, 0.05) is 0 Å². The lowest BCUT2D eigenvalue weighted by Gasteiger charge is -2.27. The van der Waals surface area contributed by atoms with E-state index in [0.717, 1.165) is 24.5 Å². The van der Waals surface area contributed by atoms with Crippen LogP contribution in [0.1, 0.15) is 5.56 Å². The molecule has 0 aromatic carbocycles. The highest BCUT2D eigenvalue weighted by molar-refractivity contribution is 6.30. The number of hydrogen-bond donors (Lipinski definition) is 1. The number of anilines is 1. The van der Waals surface area contributed by atoms with Gasteiger partial charge in [-0.2, -0.15) is 0 Å². The summed E-state index contributed by atoms with van der Waals surface area (Å²) in [4.78, 5) is 4.05. The van der Waals surface area contributed by atoms with Crippen molar-refractivity contribution >= 4 is 17.3 Å². The summed E-state index contributed by atoms with van der Waals surface area (Å²) in [6, 6.07) is 2.43. The molecule has 3 nitrogen and oxygen atoms in total. The van der Waals surface area contributed by atoms with Crippen molar-refractivity contribution in [2.75, 3.05) is 18.5 Å². The van der Waals surface area contributed by atoms with E-state index in [2.05, 4.69) is 10.3 Å². The van der Waals surface area contributed by atoms with Gasteiger partial charge in [-0.3, -0.25) is 0 Å². The number of halogens is 1. The Labute approximate surface area is 82.1 Å². The molecule has 0 radical (unpaired) electrons. The number of hydrogen-bond acceptors (Lipinski definition) is 3. The van der Waals surface area contributed by atoms with E-state index >= 15 is 0 Å². The van der Waals surface area contributed by atoms with E-state index in [4.69, 9.17) is 16.3 Å². The number of rotatable bonds is 2. The number of nitrogens with zero attached hydrogens (tertiary/aromatic N) is 1. The van der Waals surface area contributed by atoms with Crippen molar-refractivity contribution in [3.05, 3.63) is 23.0 Å². The van der Waals surface area contributed by atoms with Crippen molar-refractivity contribution in [3.8, 4) is 0 Å². The molecule has 0 saturated carbocycles. The van der Waals surface area contributed by atoms with E-state index in [9.17, 15) is 0 Å². The Morgan fingerprint density at radius 1 is 1.62 bits per heavy atom. The molecule has 0 aliphatic carbocycles. The molecule has 1 saturated heterocycles. The van der Waals surface area contributed by atoms with Crippen molar-refractivity contribution in [2.45, 2.75) is 13.0 Å². The third-order valence-electron chi connectivity index (χ3n) is 2.02. The molecule has 1 N–H and O–H groups in total. The summed E-state index contributed by atoms with van der Waals surface area (Å²) in [5, 5.41) is 3.87. The van der Waals surface area contributed by atoms with E-state index in [-0.39, 0.29) is 0 Å². The molecule has 0 spiro atoms. The van der Waals surface area contributed by atoms with Crippen LogP contribution >= 0.6 is 11.6 Å². The van der Waals surface area contributed by atoms with Crippen LogP contribution in [0.5, 0.6) is 0 Å². The van der Waals surface area contributed by atoms with E-state index < -0.39 is 0 Å². The van der Waals surface area contributed by atoms with Crippen LogP contribution in [-0.2, 0) is 4.74 Å². The highest BCUT2D eigenvalue weighted by atomic mass is 35.5. The van der Waals surface area contributed by atoms with Gasteiger partial charge in [0.05, 0.1) is 31.1 Å². The van der Waals surface area contributed by atoms with Crippen molar-refractivity contribution in [2.24, 2.45) is 0 Å². The first kappa shape index (κ1) is 8.78. The van der Waals surface area contributed by atoms with Gasteiger partial charge in [-0.15, -0.1) is 0 Å². The van der Waals surface area contributed by atoms with Crippen molar-refractivity contribution < 1.29 is 4.74 Å². The van der Waals surface area contributed by atoms with Gasteiger partial charge in [-0.05, 0) is 18.6 Å². The summed E-state index contributed by atoms with van der Waals surface area (Å²) in [5.41, 5.74) is 2.00. The van der Waals surface area contributed by atoms with Gasteiger partial charge in [0.2, 0.25) is 0 Å².